The Morgan fingerprint density at radius 3 is 1.59 bits per heavy atom. The number of aliphatic hydroxyl groups excluding tert-OH is 4. The van der Waals surface area contributed by atoms with Crippen LogP contribution in [-0.2, 0) is 23.7 Å². The first kappa shape index (κ1) is 48.0. The highest BCUT2D eigenvalue weighted by Crippen LogP contribution is 2.22. The van der Waals surface area contributed by atoms with E-state index < -0.39 is 43.4 Å². The summed E-state index contributed by atoms with van der Waals surface area (Å²) in [6, 6.07) is 0. The van der Waals surface area contributed by atoms with Crippen molar-refractivity contribution in [1.29, 1.82) is 0 Å². The lowest BCUT2D eigenvalue weighted by Crippen LogP contribution is -2.59. The van der Waals surface area contributed by atoms with E-state index in [0.717, 1.165) is 32.1 Å². The van der Waals surface area contributed by atoms with Crippen LogP contribution in [0.3, 0.4) is 0 Å². The molecule has 0 saturated carbocycles. The number of unbranched alkanes of at least 4 members (excludes halogenated alkanes) is 23. The lowest BCUT2D eigenvalue weighted by molar-refractivity contribution is -0.305. The molecule has 51 heavy (non-hydrogen) atoms. The number of hydrogen-bond donors (Lipinski definition) is 4. The molecule has 0 aromatic heterocycles. The highest BCUT2D eigenvalue weighted by atomic mass is 16.7. The molecule has 1 rings (SSSR count). The number of esters is 1. The minimum Gasteiger partial charge on any atom is -0.457 e. The SMILES string of the molecule is CCCCCCCC/C=C\CCCCCCCCCCCCOCC(COC1OC(CO)C(O)C(O)C1O)OC(=O)CCCCCCCCCC. The van der Waals surface area contributed by atoms with E-state index in [1.54, 1.807) is 0 Å². The lowest BCUT2D eigenvalue weighted by Gasteiger charge is -2.39. The summed E-state index contributed by atoms with van der Waals surface area (Å²) in [5.74, 6) is -0.317. The van der Waals surface area contributed by atoms with Gasteiger partial charge in [-0.15, -0.1) is 0 Å². The molecule has 0 amide bonds. The van der Waals surface area contributed by atoms with Crippen LogP contribution in [0.25, 0.3) is 0 Å². The van der Waals surface area contributed by atoms with Gasteiger partial charge in [0.25, 0.3) is 0 Å². The zero-order chi connectivity index (χ0) is 37.2. The first-order chi connectivity index (χ1) is 24.9. The maximum Gasteiger partial charge on any atom is 0.306 e. The average Bonchev–Trinajstić information content (AvgIpc) is 3.13. The van der Waals surface area contributed by atoms with E-state index in [1.807, 2.05) is 0 Å². The summed E-state index contributed by atoms with van der Waals surface area (Å²) in [5, 5.41) is 39.9. The molecule has 302 valence electrons. The minimum atomic E-state index is -1.53. The fraction of sp³-hybridized carbons (Fsp3) is 0.929. The molecule has 9 heteroatoms. The Morgan fingerprint density at radius 1 is 0.608 bits per heavy atom. The molecule has 1 aliphatic heterocycles. The van der Waals surface area contributed by atoms with E-state index in [9.17, 15) is 25.2 Å². The lowest BCUT2D eigenvalue weighted by atomic mass is 9.99. The topological polar surface area (TPSA) is 135 Å². The molecule has 6 atom stereocenters. The Morgan fingerprint density at radius 2 is 1.08 bits per heavy atom. The summed E-state index contributed by atoms with van der Waals surface area (Å²) in [6.45, 7) is 4.53. The highest BCUT2D eigenvalue weighted by Gasteiger charge is 2.44. The van der Waals surface area contributed by atoms with Crippen LogP contribution in [0.4, 0.5) is 0 Å². The maximum absolute atomic E-state index is 12.6. The molecular formula is C42H80O9. The summed E-state index contributed by atoms with van der Waals surface area (Å²) >= 11 is 0. The van der Waals surface area contributed by atoms with Crippen LogP contribution >= 0.6 is 0 Å². The molecular weight excluding hydrogens is 648 g/mol. The number of ether oxygens (including phenoxy) is 4. The Labute approximate surface area is 312 Å². The van der Waals surface area contributed by atoms with Gasteiger partial charge in [0.15, 0.2) is 6.29 Å². The van der Waals surface area contributed by atoms with Crippen molar-refractivity contribution in [3.05, 3.63) is 12.2 Å². The van der Waals surface area contributed by atoms with E-state index >= 15 is 0 Å². The van der Waals surface area contributed by atoms with Crippen LogP contribution in [0.1, 0.15) is 187 Å². The minimum absolute atomic E-state index is 0.109. The van der Waals surface area contributed by atoms with Crippen molar-refractivity contribution < 1.29 is 44.2 Å². The molecule has 1 heterocycles. The zero-order valence-electron chi connectivity index (χ0n) is 32.9. The van der Waals surface area contributed by atoms with Crippen LogP contribution in [0.5, 0.6) is 0 Å². The largest absolute Gasteiger partial charge is 0.457 e. The Balaban J connectivity index is 2.20. The molecule has 1 fully saturated rings. The number of aliphatic hydroxyl groups is 4. The summed E-state index contributed by atoms with van der Waals surface area (Å²) in [6.07, 6.45) is 29.7. The van der Waals surface area contributed by atoms with Crippen LogP contribution in [0.2, 0.25) is 0 Å². The third-order valence-electron chi connectivity index (χ3n) is 9.93. The summed E-state index contributed by atoms with van der Waals surface area (Å²) in [5.41, 5.74) is 0. The van der Waals surface area contributed by atoms with Gasteiger partial charge in [0.05, 0.1) is 19.8 Å². The van der Waals surface area contributed by atoms with E-state index in [2.05, 4.69) is 26.0 Å². The Bertz CT molecular complexity index is 792. The van der Waals surface area contributed by atoms with Crippen molar-refractivity contribution in [2.45, 2.75) is 224 Å². The van der Waals surface area contributed by atoms with Crippen LogP contribution in [-0.4, -0.2) is 89.6 Å². The Kier molecular flexibility index (Phi) is 32.6. The molecule has 6 unspecified atom stereocenters. The summed E-state index contributed by atoms with van der Waals surface area (Å²) < 4.78 is 22.7. The van der Waals surface area contributed by atoms with Gasteiger partial charge in [-0.2, -0.15) is 0 Å². The van der Waals surface area contributed by atoms with E-state index in [0.29, 0.717) is 13.0 Å². The van der Waals surface area contributed by atoms with Gasteiger partial charge in [-0.1, -0.05) is 154 Å². The van der Waals surface area contributed by atoms with E-state index in [4.69, 9.17) is 18.9 Å². The first-order valence-corrected chi connectivity index (χ1v) is 21.3. The van der Waals surface area contributed by atoms with Crippen LogP contribution in [0, 0.1) is 0 Å². The van der Waals surface area contributed by atoms with Gasteiger partial charge >= 0.3 is 5.97 Å². The molecule has 0 aromatic carbocycles. The summed E-state index contributed by atoms with van der Waals surface area (Å²) in [4.78, 5) is 12.6. The predicted molar refractivity (Wildman–Crippen MR) is 206 cm³/mol. The second-order valence-corrected chi connectivity index (χ2v) is 14.8. The first-order valence-electron chi connectivity index (χ1n) is 21.3. The average molecular weight is 729 g/mol. The smallest absolute Gasteiger partial charge is 0.306 e. The standard InChI is InChI=1S/C42H80O9/c1-3-5-7-9-11-13-14-15-16-17-18-19-20-21-22-23-24-26-28-30-32-48-34-36(50-38(44)31-29-27-25-12-10-8-6-4-2)35-49-42-41(47)40(46)39(45)37(33-43)51-42/h15-16,36-37,39-43,45-47H,3-14,17-35H2,1-2H3/b16-15-. The zero-order valence-corrected chi connectivity index (χ0v) is 32.9. The third-order valence-corrected chi connectivity index (χ3v) is 9.93. The highest BCUT2D eigenvalue weighted by molar-refractivity contribution is 5.69. The molecule has 1 saturated heterocycles. The number of carbonyl (C=O) groups is 1. The van der Waals surface area contributed by atoms with Gasteiger partial charge < -0.3 is 39.4 Å². The maximum atomic E-state index is 12.6. The molecule has 0 aliphatic carbocycles. The van der Waals surface area contributed by atoms with Gasteiger partial charge in [-0.3, -0.25) is 4.79 Å². The van der Waals surface area contributed by atoms with E-state index in [1.165, 1.54) is 135 Å². The normalized spacial score (nSPS) is 21.4. The molecule has 0 spiro atoms. The van der Waals surface area contributed by atoms with Crippen molar-refractivity contribution >= 4 is 5.97 Å². The quantitative estimate of drug-likeness (QED) is 0.0284. The second kappa shape index (κ2) is 34.7. The second-order valence-electron chi connectivity index (χ2n) is 14.8. The van der Waals surface area contributed by atoms with Crippen molar-refractivity contribution in [1.82, 2.24) is 0 Å². The van der Waals surface area contributed by atoms with Gasteiger partial charge in [-0.25, -0.2) is 0 Å². The van der Waals surface area contributed by atoms with Gasteiger partial charge in [0.2, 0.25) is 0 Å². The number of hydrogen-bond acceptors (Lipinski definition) is 9. The van der Waals surface area contributed by atoms with Crippen molar-refractivity contribution in [3.8, 4) is 0 Å². The van der Waals surface area contributed by atoms with Crippen molar-refractivity contribution in [2.24, 2.45) is 0 Å². The molecule has 9 nitrogen and oxygen atoms in total. The van der Waals surface area contributed by atoms with Crippen molar-refractivity contribution in [2.75, 3.05) is 26.4 Å². The fourth-order valence-electron chi connectivity index (χ4n) is 6.54. The number of rotatable bonds is 36. The van der Waals surface area contributed by atoms with Gasteiger partial charge in [-0.05, 0) is 38.5 Å². The third kappa shape index (κ3) is 26.4. The van der Waals surface area contributed by atoms with Crippen molar-refractivity contribution in [3.63, 3.8) is 0 Å². The summed E-state index contributed by atoms with van der Waals surface area (Å²) in [7, 11) is 0. The molecule has 0 bridgehead atoms. The van der Waals surface area contributed by atoms with Gasteiger partial charge in [0, 0.05) is 13.0 Å². The Hall–Kier alpha value is -1.07. The monoisotopic (exact) mass is 729 g/mol. The van der Waals surface area contributed by atoms with Crippen LogP contribution in [0.15, 0.2) is 12.2 Å². The van der Waals surface area contributed by atoms with E-state index in [-0.39, 0.29) is 19.2 Å². The fourth-order valence-corrected chi connectivity index (χ4v) is 6.54. The molecule has 0 radical (unpaired) electrons. The number of carbonyl (C=O) groups excluding carboxylic acids is 1. The molecule has 0 aromatic rings. The number of allylic oxidation sites excluding steroid dienone is 2. The molecule has 4 N–H and O–H groups in total. The predicted octanol–water partition coefficient (Wildman–Crippen LogP) is 8.86. The van der Waals surface area contributed by atoms with Gasteiger partial charge in [0.1, 0.15) is 30.5 Å². The molecule has 1 aliphatic rings. The van der Waals surface area contributed by atoms with Crippen LogP contribution < -0.4 is 0 Å².